The second-order valence-corrected chi connectivity index (χ2v) is 8.68. The van der Waals surface area contributed by atoms with Gasteiger partial charge in [0.2, 0.25) is 0 Å². The summed E-state index contributed by atoms with van der Waals surface area (Å²) in [5.41, 5.74) is 2.76. The summed E-state index contributed by atoms with van der Waals surface area (Å²) in [5.74, 6) is 0.492. The number of aromatic nitrogens is 1. The van der Waals surface area contributed by atoms with E-state index in [-0.39, 0.29) is 5.97 Å². The van der Waals surface area contributed by atoms with E-state index in [1.807, 2.05) is 23.7 Å². The molecule has 1 heterocycles. The molecule has 0 saturated carbocycles. The zero-order valence-electron chi connectivity index (χ0n) is 18.0. The molecule has 1 aromatic carbocycles. The van der Waals surface area contributed by atoms with Crippen LogP contribution in [0.5, 0.6) is 5.75 Å². The van der Waals surface area contributed by atoms with E-state index >= 15 is 0 Å². The third-order valence-electron chi connectivity index (χ3n) is 5.18. The number of fused-ring (bicyclic) bond motifs is 1. The Labute approximate surface area is 180 Å². The Kier molecular flexibility index (Phi) is 12.4. The van der Waals surface area contributed by atoms with Crippen LogP contribution in [0, 0.1) is 0 Å². The Balaban J connectivity index is 1.40. The highest BCUT2D eigenvalue weighted by molar-refractivity contribution is 7.16. The molecule has 0 N–H and O–H groups in total. The van der Waals surface area contributed by atoms with Crippen molar-refractivity contribution in [1.29, 1.82) is 0 Å². The molecule has 160 valence electrons. The maximum absolute atomic E-state index is 12.0. The maximum Gasteiger partial charge on any atom is 0.311 e. The molecule has 0 unspecified atom stereocenters. The van der Waals surface area contributed by atoms with Gasteiger partial charge in [-0.1, -0.05) is 70.4 Å². The van der Waals surface area contributed by atoms with Crippen LogP contribution in [0.4, 0.5) is 0 Å². The molecular weight excluding hydrogens is 378 g/mol. The number of hydrogen-bond donors (Lipinski definition) is 0. The number of esters is 1. The van der Waals surface area contributed by atoms with Crippen LogP contribution in [-0.4, -0.2) is 11.0 Å². The summed E-state index contributed by atoms with van der Waals surface area (Å²) >= 11 is 1.56. The Hall–Kier alpha value is -1.68. The predicted molar refractivity (Wildman–Crippen MR) is 125 cm³/mol. The highest BCUT2D eigenvalue weighted by Gasteiger charge is 2.06. The van der Waals surface area contributed by atoms with Crippen molar-refractivity contribution in [3.8, 4) is 5.75 Å². The lowest BCUT2D eigenvalue weighted by Crippen LogP contribution is -2.07. The summed E-state index contributed by atoms with van der Waals surface area (Å²) in [5, 5.41) is 0. The van der Waals surface area contributed by atoms with E-state index in [0.29, 0.717) is 12.2 Å². The van der Waals surface area contributed by atoms with Crippen molar-refractivity contribution < 1.29 is 9.53 Å². The summed E-state index contributed by atoms with van der Waals surface area (Å²) in [7, 11) is 0. The minimum Gasteiger partial charge on any atom is -0.426 e. The minimum atomic E-state index is -0.133. The van der Waals surface area contributed by atoms with Gasteiger partial charge < -0.3 is 4.74 Å². The SMILES string of the molecule is CCCCCCCC/C=C\CCCCCCCC(=O)Oc1ccc2ncsc2c1. The standard InChI is InChI=1S/C25H37NO2S/c1-2-3-4-5-6-7-8-9-10-11-12-13-14-15-16-17-25(27)28-22-18-19-23-24(20-22)29-21-26-23/h9-10,18-21H,2-8,11-17H2,1H3/b10-9-. The molecule has 2 rings (SSSR count). The van der Waals surface area contributed by atoms with Crippen molar-refractivity contribution in [3.63, 3.8) is 0 Å². The molecule has 0 fully saturated rings. The fourth-order valence-corrected chi connectivity index (χ4v) is 4.13. The molecular formula is C25H37NO2S. The number of carbonyl (C=O) groups is 1. The van der Waals surface area contributed by atoms with Crippen molar-refractivity contribution in [2.75, 3.05) is 0 Å². The first-order valence-electron chi connectivity index (χ1n) is 11.5. The molecule has 4 heteroatoms. The lowest BCUT2D eigenvalue weighted by Gasteiger charge is -2.04. The van der Waals surface area contributed by atoms with E-state index in [4.69, 9.17) is 4.74 Å². The smallest absolute Gasteiger partial charge is 0.311 e. The van der Waals surface area contributed by atoms with Crippen LogP contribution >= 0.6 is 11.3 Å². The number of unbranched alkanes of at least 4 members (excludes halogenated alkanes) is 11. The second-order valence-electron chi connectivity index (χ2n) is 7.79. The van der Waals surface area contributed by atoms with Crippen LogP contribution < -0.4 is 4.74 Å². The van der Waals surface area contributed by atoms with Gasteiger partial charge in [0.1, 0.15) is 5.75 Å². The van der Waals surface area contributed by atoms with E-state index in [0.717, 1.165) is 23.1 Å². The zero-order chi connectivity index (χ0) is 20.6. The summed E-state index contributed by atoms with van der Waals surface area (Å²) in [6, 6.07) is 5.61. The van der Waals surface area contributed by atoms with E-state index in [2.05, 4.69) is 24.1 Å². The predicted octanol–water partition coefficient (Wildman–Crippen LogP) is 8.24. The summed E-state index contributed by atoms with van der Waals surface area (Å²) in [6.45, 7) is 2.27. The molecule has 0 aliphatic carbocycles. The number of carbonyl (C=O) groups excluding carboxylic acids is 1. The number of ether oxygens (including phenoxy) is 1. The van der Waals surface area contributed by atoms with Gasteiger partial charge in [-0.3, -0.25) is 4.79 Å². The normalized spacial score (nSPS) is 11.5. The maximum atomic E-state index is 12.0. The second kappa shape index (κ2) is 15.2. The summed E-state index contributed by atoms with van der Waals surface area (Å²) < 4.78 is 6.49. The number of hydrogen-bond acceptors (Lipinski definition) is 4. The molecule has 0 aliphatic rings. The Morgan fingerprint density at radius 3 is 2.31 bits per heavy atom. The quantitative estimate of drug-likeness (QED) is 0.120. The molecule has 0 aliphatic heterocycles. The topological polar surface area (TPSA) is 39.2 Å². The van der Waals surface area contributed by atoms with Gasteiger partial charge in [-0.25, -0.2) is 4.98 Å². The monoisotopic (exact) mass is 415 g/mol. The van der Waals surface area contributed by atoms with Crippen LogP contribution in [-0.2, 0) is 4.79 Å². The summed E-state index contributed by atoms with van der Waals surface area (Å²) in [6.07, 6.45) is 21.6. The zero-order valence-corrected chi connectivity index (χ0v) is 18.9. The van der Waals surface area contributed by atoms with Gasteiger partial charge in [0.15, 0.2) is 0 Å². The van der Waals surface area contributed by atoms with Crippen molar-refractivity contribution in [3.05, 3.63) is 35.9 Å². The third kappa shape index (κ3) is 10.6. The molecule has 3 nitrogen and oxygen atoms in total. The first-order chi connectivity index (χ1) is 14.3. The minimum absolute atomic E-state index is 0.133. The van der Waals surface area contributed by atoms with Crippen LogP contribution in [0.25, 0.3) is 10.2 Å². The van der Waals surface area contributed by atoms with Crippen LogP contribution in [0.15, 0.2) is 35.9 Å². The van der Waals surface area contributed by atoms with E-state index < -0.39 is 0 Å². The van der Waals surface area contributed by atoms with Crippen LogP contribution in [0.1, 0.15) is 96.8 Å². The largest absolute Gasteiger partial charge is 0.426 e. The first-order valence-corrected chi connectivity index (χ1v) is 12.4. The Bertz CT molecular complexity index is 722. The molecule has 0 spiro atoms. The lowest BCUT2D eigenvalue weighted by atomic mass is 10.1. The lowest BCUT2D eigenvalue weighted by molar-refractivity contribution is -0.134. The third-order valence-corrected chi connectivity index (χ3v) is 5.97. The van der Waals surface area contributed by atoms with E-state index in [9.17, 15) is 4.79 Å². The average molecular weight is 416 g/mol. The highest BCUT2D eigenvalue weighted by atomic mass is 32.1. The number of nitrogens with zero attached hydrogens (tertiary/aromatic N) is 1. The molecule has 0 atom stereocenters. The molecule has 0 radical (unpaired) electrons. The fraction of sp³-hybridized carbons (Fsp3) is 0.600. The van der Waals surface area contributed by atoms with Gasteiger partial charge >= 0.3 is 5.97 Å². The molecule has 0 saturated heterocycles. The molecule has 1 aromatic heterocycles. The fourth-order valence-electron chi connectivity index (χ4n) is 3.42. The van der Waals surface area contributed by atoms with Gasteiger partial charge in [-0.2, -0.15) is 0 Å². The van der Waals surface area contributed by atoms with Crippen molar-refractivity contribution >= 4 is 27.5 Å². The number of thiazole rings is 1. The van der Waals surface area contributed by atoms with Crippen LogP contribution in [0.2, 0.25) is 0 Å². The summed E-state index contributed by atoms with van der Waals surface area (Å²) in [4.78, 5) is 16.2. The van der Waals surface area contributed by atoms with Gasteiger partial charge in [-0.05, 0) is 44.2 Å². The number of allylic oxidation sites excluding steroid dienone is 2. The van der Waals surface area contributed by atoms with Gasteiger partial charge in [-0.15, -0.1) is 11.3 Å². The van der Waals surface area contributed by atoms with Crippen molar-refractivity contribution in [2.45, 2.75) is 96.8 Å². The van der Waals surface area contributed by atoms with Gasteiger partial charge in [0, 0.05) is 12.5 Å². The average Bonchev–Trinajstić information content (AvgIpc) is 3.19. The molecule has 0 bridgehead atoms. The first kappa shape index (κ1) is 23.6. The number of rotatable bonds is 16. The molecule has 0 amide bonds. The van der Waals surface area contributed by atoms with Crippen molar-refractivity contribution in [2.24, 2.45) is 0 Å². The van der Waals surface area contributed by atoms with Crippen LogP contribution in [0.3, 0.4) is 0 Å². The highest BCUT2D eigenvalue weighted by Crippen LogP contribution is 2.23. The van der Waals surface area contributed by atoms with Crippen molar-refractivity contribution in [1.82, 2.24) is 4.98 Å². The van der Waals surface area contributed by atoms with E-state index in [1.165, 1.54) is 70.6 Å². The molecule has 29 heavy (non-hydrogen) atoms. The van der Waals surface area contributed by atoms with E-state index in [1.54, 1.807) is 11.3 Å². The Morgan fingerprint density at radius 1 is 0.931 bits per heavy atom. The van der Waals surface area contributed by atoms with Gasteiger partial charge in [0.05, 0.1) is 15.7 Å². The number of benzene rings is 1. The Morgan fingerprint density at radius 2 is 1.59 bits per heavy atom. The van der Waals surface area contributed by atoms with Gasteiger partial charge in [0.25, 0.3) is 0 Å². The molecule has 2 aromatic rings.